The first-order chi connectivity index (χ1) is 14.9. The van der Waals surface area contributed by atoms with Gasteiger partial charge < -0.3 is 10.2 Å². The van der Waals surface area contributed by atoms with Gasteiger partial charge in [0.25, 0.3) is 0 Å². The molecule has 0 bridgehead atoms. The lowest BCUT2D eigenvalue weighted by Gasteiger charge is -2.77. The Balaban J connectivity index is 1.56. The largest absolute Gasteiger partial charge is 0.393 e. The average molecular weight is 440 g/mol. The number of rotatable bonds is 2. The molecule has 0 radical (unpaired) electrons. The Morgan fingerprint density at radius 1 is 0.812 bits per heavy atom. The fourth-order valence-corrected chi connectivity index (χ4v) is 10.2. The highest BCUT2D eigenvalue weighted by atomic mass is 16.3. The van der Waals surface area contributed by atoms with Gasteiger partial charge in [-0.05, 0) is 108 Å². The first-order valence-corrected chi connectivity index (χ1v) is 13.1. The van der Waals surface area contributed by atoms with Crippen LogP contribution in [0.2, 0.25) is 0 Å². The molecule has 0 aromatic carbocycles. The normalized spacial score (nSPS) is 55.1. The molecule has 0 spiro atoms. The highest BCUT2D eigenvalue weighted by Crippen LogP contribution is 2.83. The zero-order valence-corrected chi connectivity index (χ0v) is 21.2. The molecule has 0 aliphatic heterocycles. The van der Waals surface area contributed by atoms with E-state index in [2.05, 4.69) is 58.7 Å². The molecule has 3 heteroatoms. The molecule has 4 saturated carbocycles. The number of aliphatic hydroxyl groups is 2. The van der Waals surface area contributed by atoms with E-state index >= 15 is 0 Å². The van der Waals surface area contributed by atoms with Gasteiger partial charge in [-0.25, -0.2) is 0 Å². The van der Waals surface area contributed by atoms with Crippen LogP contribution in [-0.2, 0) is 6.42 Å². The van der Waals surface area contributed by atoms with E-state index in [1.165, 1.54) is 19.3 Å². The van der Waals surface area contributed by atoms with Crippen LogP contribution in [0.3, 0.4) is 0 Å². The SMILES string of the molecule is C[C@@]12CC[C@]3(C)[C@](C)(CC[C@]4(C)[C@@H](O)[C@@H](Cc5ccccn5)C[C@@]34C)[C@@]1(C)CC[C@H](O)C2. The third-order valence-corrected chi connectivity index (χ3v) is 13.2. The van der Waals surface area contributed by atoms with Gasteiger partial charge in [-0.1, -0.05) is 47.6 Å². The maximum Gasteiger partial charge on any atom is 0.0631 e. The van der Waals surface area contributed by atoms with Gasteiger partial charge in [0.05, 0.1) is 12.2 Å². The van der Waals surface area contributed by atoms with Gasteiger partial charge in [0.2, 0.25) is 0 Å². The smallest absolute Gasteiger partial charge is 0.0631 e. The van der Waals surface area contributed by atoms with Crippen molar-refractivity contribution in [3.8, 4) is 0 Å². The Bertz CT molecular complexity index is 888. The first-order valence-electron chi connectivity index (χ1n) is 13.1. The van der Waals surface area contributed by atoms with Crippen molar-refractivity contribution in [3.63, 3.8) is 0 Å². The first kappa shape index (κ1) is 22.8. The summed E-state index contributed by atoms with van der Waals surface area (Å²) in [4.78, 5) is 4.60. The van der Waals surface area contributed by atoms with Crippen LogP contribution in [-0.4, -0.2) is 27.4 Å². The fraction of sp³-hybridized carbons (Fsp3) is 0.828. The summed E-state index contributed by atoms with van der Waals surface area (Å²) >= 11 is 0. The molecule has 1 heterocycles. The van der Waals surface area contributed by atoms with Gasteiger partial charge >= 0.3 is 0 Å². The summed E-state index contributed by atoms with van der Waals surface area (Å²) in [7, 11) is 0. The minimum Gasteiger partial charge on any atom is -0.393 e. The Morgan fingerprint density at radius 3 is 2.19 bits per heavy atom. The molecule has 0 saturated heterocycles. The molecule has 3 nitrogen and oxygen atoms in total. The number of aliphatic hydroxyl groups excluding tert-OH is 2. The van der Waals surface area contributed by atoms with Gasteiger partial charge in [-0.15, -0.1) is 0 Å². The molecule has 1 aromatic rings. The van der Waals surface area contributed by atoms with Crippen LogP contribution in [0.1, 0.15) is 98.6 Å². The fourth-order valence-electron chi connectivity index (χ4n) is 10.2. The van der Waals surface area contributed by atoms with Crippen LogP contribution >= 0.6 is 0 Å². The zero-order valence-electron chi connectivity index (χ0n) is 21.2. The van der Waals surface area contributed by atoms with Gasteiger partial charge in [-0.2, -0.15) is 0 Å². The minimum absolute atomic E-state index is 0.0566. The number of nitrogens with zero attached hydrogens (tertiary/aromatic N) is 1. The summed E-state index contributed by atoms with van der Waals surface area (Å²) < 4.78 is 0. The zero-order chi connectivity index (χ0) is 23.2. The summed E-state index contributed by atoms with van der Waals surface area (Å²) in [5.41, 5.74) is 1.95. The molecule has 4 aliphatic rings. The molecule has 2 N–H and O–H groups in total. The predicted octanol–water partition coefficient (Wildman–Crippen LogP) is 6.18. The maximum atomic E-state index is 11.8. The molecule has 0 unspecified atom stereocenters. The molecule has 4 fully saturated rings. The van der Waals surface area contributed by atoms with Crippen LogP contribution in [0, 0.1) is 38.4 Å². The van der Waals surface area contributed by atoms with Crippen molar-refractivity contribution in [2.45, 2.75) is 112 Å². The lowest BCUT2D eigenvalue weighted by Crippen LogP contribution is -2.70. The summed E-state index contributed by atoms with van der Waals surface area (Å²) in [5, 5.41) is 22.4. The number of hydrogen-bond donors (Lipinski definition) is 2. The van der Waals surface area contributed by atoms with E-state index in [0.717, 1.165) is 44.2 Å². The Kier molecular flexibility index (Phi) is 4.86. The third-order valence-electron chi connectivity index (χ3n) is 13.2. The third kappa shape index (κ3) is 2.48. The molecular weight excluding hydrogens is 394 g/mol. The number of hydrogen-bond acceptors (Lipinski definition) is 3. The number of fused-ring (bicyclic) bond motifs is 5. The molecule has 1 aromatic heterocycles. The second kappa shape index (κ2) is 6.81. The van der Waals surface area contributed by atoms with Crippen LogP contribution in [0.4, 0.5) is 0 Å². The van der Waals surface area contributed by atoms with Crippen LogP contribution in [0.25, 0.3) is 0 Å². The molecule has 9 atom stereocenters. The van der Waals surface area contributed by atoms with Crippen molar-refractivity contribution >= 4 is 0 Å². The summed E-state index contributed by atoms with van der Waals surface area (Å²) in [6.45, 7) is 15.2. The minimum atomic E-state index is -0.273. The van der Waals surface area contributed by atoms with E-state index < -0.39 is 0 Å². The maximum absolute atomic E-state index is 11.8. The average Bonchev–Trinajstić information content (AvgIpc) is 2.95. The van der Waals surface area contributed by atoms with Crippen molar-refractivity contribution < 1.29 is 10.2 Å². The highest BCUT2D eigenvalue weighted by Gasteiger charge is 2.77. The van der Waals surface area contributed by atoms with Crippen molar-refractivity contribution in [2.24, 2.45) is 38.4 Å². The van der Waals surface area contributed by atoms with Crippen molar-refractivity contribution in [2.75, 3.05) is 0 Å². The van der Waals surface area contributed by atoms with E-state index in [0.29, 0.717) is 0 Å². The molecule has 0 amide bonds. The van der Waals surface area contributed by atoms with E-state index in [4.69, 9.17) is 0 Å². The lowest BCUT2D eigenvalue weighted by atomic mass is 9.27. The van der Waals surface area contributed by atoms with Crippen LogP contribution < -0.4 is 0 Å². The van der Waals surface area contributed by atoms with Gasteiger partial charge in [0.1, 0.15) is 0 Å². The summed E-state index contributed by atoms with van der Waals surface area (Å²) in [6.07, 6.45) is 11.1. The molecular formula is C29H45NO2. The number of pyridine rings is 1. The Hall–Kier alpha value is -0.930. The second-order valence-electron chi connectivity index (χ2n) is 13.6. The van der Waals surface area contributed by atoms with E-state index in [1.807, 2.05) is 12.3 Å². The summed E-state index contributed by atoms with van der Waals surface area (Å²) in [6, 6.07) is 6.16. The van der Waals surface area contributed by atoms with E-state index in [-0.39, 0.29) is 50.6 Å². The number of aromatic nitrogens is 1. The van der Waals surface area contributed by atoms with Gasteiger partial charge in [-0.3, -0.25) is 4.98 Å². The van der Waals surface area contributed by atoms with Gasteiger partial charge in [0.15, 0.2) is 0 Å². The van der Waals surface area contributed by atoms with Crippen molar-refractivity contribution in [1.29, 1.82) is 0 Å². The molecule has 32 heavy (non-hydrogen) atoms. The Morgan fingerprint density at radius 2 is 1.50 bits per heavy atom. The quantitative estimate of drug-likeness (QED) is 0.579. The van der Waals surface area contributed by atoms with Crippen molar-refractivity contribution in [1.82, 2.24) is 4.98 Å². The lowest BCUT2D eigenvalue weighted by molar-refractivity contribution is -0.292. The monoisotopic (exact) mass is 439 g/mol. The molecule has 4 aliphatic carbocycles. The topological polar surface area (TPSA) is 53.4 Å². The predicted molar refractivity (Wildman–Crippen MR) is 129 cm³/mol. The Labute approximate surface area is 195 Å². The van der Waals surface area contributed by atoms with E-state index in [1.54, 1.807) is 0 Å². The molecule has 5 rings (SSSR count). The van der Waals surface area contributed by atoms with Gasteiger partial charge in [0, 0.05) is 11.9 Å². The van der Waals surface area contributed by atoms with Crippen LogP contribution in [0.5, 0.6) is 0 Å². The highest BCUT2D eigenvalue weighted by molar-refractivity contribution is 5.26. The second-order valence-corrected chi connectivity index (χ2v) is 13.6. The standard InChI is InChI=1S/C29H45NO2/c1-24-12-14-28(5)27(4,26(24,3)11-10-22(31)19-24)15-13-25(2)23(32)20(18-29(25,28)6)17-21-9-7-8-16-30-21/h7-9,16,20,22-23,31-32H,10-15,17-19H2,1-6H3/t20-,22-,23-,24-,25+,26-,27+,28+,29+/m0/s1. The molecule has 178 valence electrons. The van der Waals surface area contributed by atoms with Crippen molar-refractivity contribution in [3.05, 3.63) is 30.1 Å². The van der Waals surface area contributed by atoms with Crippen LogP contribution in [0.15, 0.2) is 24.4 Å². The van der Waals surface area contributed by atoms with E-state index in [9.17, 15) is 10.2 Å². The summed E-state index contributed by atoms with van der Waals surface area (Å²) in [5.74, 6) is 0.272.